The SMILES string of the molecule is CC1CCCN(c2cncc(B(O)O)c2)C1. The molecule has 86 valence electrons. The van der Waals surface area contributed by atoms with E-state index in [0.29, 0.717) is 11.4 Å². The van der Waals surface area contributed by atoms with Crippen LogP contribution in [0.2, 0.25) is 0 Å². The lowest BCUT2D eigenvalue weighted by molar-refractivity contribution is 0.425. The van der Waals surface area contributed by atoms with Gasteiger partial charge in [0.2, 0.25) is 0 Å². The number of hydrogen-bond donors (Lipinski definition) is 2. The van der Waals surface area contributed by atoms with E-state index < -0.39 is 7.12 Å². The van der Waals surface area contributed by atoms with Crippen LogP contribution in [0.25, 0.3) is 0 Å². The molecule has 1 aromatic heterocycles. The van der Waals surface area contributed by atoms with Gasteiger partial charge in [0.15, 0.2) is 0 Å². The average Bonchev–Trinajstić information content (AvgIpc) is 2.29. The summed E-state index contributed by atoms with van der Waals surface area (Å²) in [6, 6.07) is 1.80. The molecule has 0 saturated carbocycles. The number of nitrogens with zero attached hydrogens (tertiary/aromatic N) is 2. The maximum absolute atomic E-state index is 9.10. The van der Waals surface area contributed by atoms with Crippen molar-refractivity contribution in [3.63, 3.8) is 0 Å². The lowest BCUT2D eigenvalue weighted by Gasteiger charge is -2.32. The molecule has 16 heavy (non-hydrogen) atoms. The first-order valence-electron chi connectivity index (χ1n) is 5.73. The molecule has 1 unspecified atom stereocenters. The molecule has 2 N–H and O–H groups in total. The Morgan fingerprint density at radius 1 is 1.44 bits per heavy atom. The molecule has 0 aromatic carbocycles. The van der Waals surface area contributed by atoms with Crippen molar-refractivity contribution in [3.05, 3.63) is 18.5 Å². The van der Waals surface area contributed by atoms with Gasteiger partial charge in [0.25, 0.3) is 0 Å². The predicted molar refractivity (Wildman–Crippen MR) is 64.7 cm³/mol. The van der Waals surface area contributed by atoms with Crippen molar-refractivity contribution in [1.29, 1.82) is 0 Å². The normalized spacial score (nSPS) is 20.9. The van der Waals surface area contributed by atoms with E-state index in [-0.39, 0.29) is 0 Å². The predicted octanol–water partition coefficient (Wildman–Crippen LogP) is -0.00230. The van der Waals surface area contributed by atoms with E-state index in [4.69, 9.17) is 10.0 Å². The Morgan fingerprint density at radius 3 is 2.94 bits per heavy atom. The highest BCUT2D eigenvalue weighted by Crippen LogP contribution is 2.21. The van der Waals surface area contributed by atoms with Gasteiger partial charge in [-0.15, -0.1) is 0 Å². The van der Waals surface area contributed by atoms with Crippen molar-refractivity contribution in [1.82, 2.24) is 4.98 Å². The maximum Gasteiger partial charge on any atom is 0.490 e. The second kappa shape index (κ2) is 4.85. The topological polar surface area (TPSA) is 56.6 Å². The van der Waals surface area contributed by atoms with Gasteiger partial charge in [0, 0.05) is 24.7 Å². The van der Waals surface area contributed by atoms with E-state index in [1.807, 2.05) is 0 Å². The summed E-state index contributed by atoms with van der Waals surface area (Å²) < 4.78 is 0. The van der Waals surface area contributed by atoms with Crippen LogP contribution in [0.4, 0.5) is 5.69 Å². The molecule has 1 aliphatic heterocycles. The Kier molecular flexibility index (Phi) is 3.46. The van der Waals surface area contributed by atoms with Crippen molar-refractivity contribution in [3.8, 4) is 0 Å². The highest BCUT2D eigenvalue weighted by molar-refractivity contribution is 6.58. The minimum atomic E-state index is -1.44. The molecule has 0 radical (unpaired) electrons. The molecule has 2 heterocycles. The third-order valence-corrected chi connectivity index (χ3v) is 3.07. The molecule has 1 saturated heterocycles. The van der Waals surface area contributed by atoms with Crippen molar-refractivity contribution < 1.29 is 10.0 Å². The molecule has 4 nitrogen and oxygen atoms in total. The molecule has 0 aliphatic carbocycles. The highest BCUT2D eigenvalue weighted by atomic mass is 16.4. The summed E-state index contributed by atoms with van der Waals surface area (Å²) in [6.45, 7) is 4.29. The average molecular weight is 220 g/mol. The van der Waals surface area contributed by atoms with E-state index >= 15 is 0 Å². The van der Waals surface area contributed by atoms with Crippen LogP contribution < -0.4 is 10.4 Å². The Hall–Kier alpha value is -1.07. The van der Waals surface area contributed by atoms with E-state index in [9.17, 15) is 0 Å². The lowest BCUT2D eigenvalue weighted by Crippen LogP contribution is -2.36. The van der Waals surface area contributed by atoms with Crippen molar-refractivity contribution in [2.75, 3.05) is 18.0 Å². The zero-order chi connectivity index (χ0) is 11.5. The Bertz CT molecular complexity index is 360. The first-order valence-corrected chi connectivity index (χ1v) is 5.73. The van der Waals surface area contributed by atoms with Gasteiger partial charge in [-0.25, -0.2) is 0 Å². The molecule has 0 amide bonds. The summed E-state index contributed by atoms with van der Waals surface area (Å²) in [5.74, 6) is 0.691. The van der Waals surface area contributed by atoms with Crippen LogP contribution in [0.5, 0.6) is 0 Å². The van der Waals surface area contributed by atoms with Gasteiger partial charge in [-0.1, -0.05) is 6.92 Å². The maximum atomic E-state index is 9.10. The summed E-state index contributed by atoms with van der Waals surface area (Å²) in [4.78, 5) is 6.30. The highest BCUT2D eigenvalue weighted by Gasteiger charge is 2.18. The number of rotatable bonds is 2. The largest absolute Gasteiger partial charge is 0.490 e. The van der Waals surface area contributed by atoms with Crippen LogP contribution in [0, 0.1) is 5.92 Å². The third-order valence-electron chi connectivity index (χ3n) is 3.07. The van der Waals surface area contributed by atoms with Crippen LogP contribution in [-0.2, 0) is 0 Å². The smallest absolute Gasteiger partial charge is 0.423 e. The molecular formula is C11H17BN2O2. The molecule has 5 heteroatoms. The van der Waals surface area contributed by atoms with Crippen LogP contribution in [0.15, 0.2) is 18.5 Å². The second-order valence-corrected chi connectivity index (χ2v) is 4.54. The summed E-state index contributed by atoms with van der Waals surface area (Å²) in [6.07, 6.45) is 5.73. The Balaban J connectivity index is 2.16. The molecule has 0 spiro atoms. The molecule has 1 aliphatic rings. The minimum absolute atomic E-state index is 0.454. The van der Waals surface area contributed by atoms with Gasteiger partial charge >= 0.3 is 7.12 Å². The van der Waals surface area contributed by atoms with Crippen molar-refractivity contribution in [2.24, 2.45) is 5.92 Å². The van der Waals surface area contributed by atoms with Gasteiger partial charge in [-0.2, -0.15) is 0 Å². The number of pyridine rings is 1. The van der Waals surface area contributed by atoms with Crippen LogP contribution >= 0.6 is 0 Å². The summed E-state index contributed by atoms with van der Waals surface area (Å²) >= 11 is 0. The summed E-state index contributed by atoms with van der Waals surface area (Å²) in [5, 5.41) is 18.2. The quantitative estimate of drug-likeness (QED) is 0.688. The molecular weight excluding hydrogens is 203 g/mol. The van der Waals surface area contributed by atoms with E-state index in [0.717, 1.165) is 18.8 Å². The van der Waals surface area contributed by atoms with Crippen LogP contribution in [-0.4, -0.2) is 35.2 Å². The van der Waals surface area contributed by atoms with Gasteiger partial charge in [-0.05, 0) is 24.8 Å². The molecule has 1 atom stereocenters. The third kappa shape index (κ3) is 2.54. The standard InChI is InChI=1S/C11H17BN2O2/c1-9-3-2-4-14(8-9)11-5-10(12(15)16)6-13-7-11/h5-7,9,15-16H,2-4,8H2,1H3. The zero-order valence-corrected chi connectivity index (χ0v) is 9.50. The zero-order valence-electron chi connectivity index (χ0n) is 9.50. The molecule has 2 rings (SSSR count). The van der Waals surface area contributed by atoms with Gasteiger partial charge in [-0.3, -0.25) is 4.98 Å². The van der Waals surface area contributed by atoms with E-state index in [1.165, 1.54) is 19.0 Å². The summed E-state index contributed by atoms with van der Waals surface area (Å²) in [5.41, 5.74) is 1.44. The number of piperidine rings is 1. The van der Waals surface area contributed by atoms with Crippen molar-refractivity contribution in [2.45, 2.75) is 19.8 Å². The number of hydrogen-bond acceptors (Lipinski definition) is 4. The fourth-order valence-corrected chi connectivity index (χ4v) is 2.18. The lowest BCUT2D eigenvalue weighted by atomic mass is 9.81. The molecule has 1 aromatic rings. The molecule has 0 bridgehead atoms. The number of aromatic nitrogens is 1. The first-order chi connectivity index (χ1) is 7.66. The summed E-state index contributed by atoms with van der Waals surface area (Å²) in [7, 11) is -1.44. The first kappa shape index (κ1) is 11.4. The van der Waals surface area contributed by atoms with Crippen molar-refractivity contribution >= 4 is 18.3 Å². The van der Waals surface area contributed by atoms with Crippen LogP contribution in [0.1, 0.15) is 19.8 Å². The Labute approximate surface area is 96.1 Å². The van der Waals surface area contributed by atoms with Gasteiger partial charge < -0.3 is 14.9 Å². The fourth-order valence-electron chi connectivity index (χ4n) is 2.18. The van der Waals surface area contributed by atoms with E-state index in [2.05, 4.69) is 16.8 Å². The van der Waals surface area contributed by atoms with Gasteiger partial charge in [0.1, 0.15) is 0 Å². The molecule has 1 fully saturated rings. The van der Waals surface area contributed by atoms with Gasteiger partial charge in [0.05, 0.1) is 11.9 Å². The van der Waals surface area contributed by atoms with E-state index in [1.54, 1.807) is 12.3 Å². The fraction of sp³-hybridized carbons (Fsp3) is 0.545. The monoisotopic (exact) mass is 220 g/mol. The number of anilines is 1. The Morgan fingerprint density at radius 2 is 2.25 bits per heavy atom. The second-order valence-electron chi connectivity index (χ2n) is 4.54. The van der Waals surface area contributed by atoms with Crippen LogP contribution in [0.3, 0.4) is 0 Å². The minimum Gasteiger partial charge on any atom is -0.423 e.